The molecule has 0 amide bonds. The van der Waals surface area contributed by atoms with Gasteiger partial charge in [0.15, 0.2) is 0 Å². The van der Waals surface area contributed by atoms with Crippen LogP contribution < -0.4 is 5.32 Å². The van der Waals surface area contributed by atoms with Crippen LogP contribution in [0.15, 0.2) is 0 Å². The van der Waals surface area contributed by atoms with Crippen LogP contribution in [0.1, 0.15) is 20.8 Å². The van der Waals surface area contributed by atoms with Crippen molar-refractivity contribution in [1.29, 1.82) is 0 Å². The number of hydrogen-bond donors (Lipinski definition) is 2. The summed E-state index contributed by atoms with van der Waals surface area (Å²) in [6.45, 7) is 5.87. The summed E-state index contributed by atoms with van der Waals surface area (Å²) in [5.74, 6) is 2.33. The van der Waals surface area contributed by atoms with Crippen molar-refractivity contribution in [2.75, 3.05) is 6.54 Å². The monoisotopic (exact) mass is 157 g/mol. The lowest BCUT2D eigenvalue weighted by atomic mass is 10.2. The van der Waals surface area contributed by atoms with Crippen molar-refractivity contribution < 1.29 is 9.84 Å². The zero-order chi connectivity index (χ0) is 8.91. The number of aliphatic hydroxyl groups excluding tert-OH is 1. The van der Waals surface area contributed by atoms with Crippen molar-refractivity contribution in [2.45, 2.75) is 32.8 Å². The van der Waals surface area contributed by atoms with E-state index in [0.29, 0.717) is 6.54 Å². The smallest absolute Gasteiger partial charge is 0.214 e. The molecule has 3 nitrogen and oxygen atoms in total. The molecule has 0 aromatic carbocycles. The highest BCUT2D eigenvalue weighted by Gasteiger charge is 2.15. The Morgan fingerprint density at radius 3 is 2.55 bits per heavy atom. The van der Waals surface area contributed by atoms with Crippen LogP contribution in [0.4, 0.5) is 0 Å². The van der Waals surface area contributed by atoms with Crippen LogP contribution in [0.5, 0.6) is 0 Å². The first kappa shape index (κ1) is 10.4. The van der Waals surface area contributed by atoms with Crippen molar-refractivity contribution in [3.63, 3.8) is 0 Å². The Hall–Kier alpha value is -0.560. The van der Waals surface area contributed by atoms with Crippen molar-refractivity contribution in [1.82, 2.24) is 5.32 Å². The van der Waals surface area contributed by atoms with Gasteiger partial charge in [-0.1, -0.05) is 5.92 Å². The van der Waals surface area contributed by atoms with E-state index in [4.69, 9.17) is 16.3 Å². The molecule has 1 atom stereocenters. The highest BCUT2D eigenvalue weighted by atomic mass is 16.6. The Morgan fingerprint density at radius 2 is 2.18 bits per heavy atom. The third-order valence-corrected chi connectivity index (χ3v) is 0.844. The van der Waals surface area contributed by atoms with Gasteiger partial charge < -0.3 is 9.84 Å². The van der Waals surface area contributed by atoms with E-state index in [0.717, 1.165) is 0 Å². The SMILES string of the molecule is C#CCNC(O)OC(C)(C)C. The van der Waals surface area contributed by atoms with Crippen molar-refractivity contribution in [2.24, 2.45) is 0 Å². The number of nitrogens with one attached hydrogen (secondary N) is 1. The third kappa shape index (κ3) is 7.34. The maximum absolute atomic E-state index is 9.09. The molecular weight excluding hydrogens is 142 g/mol. The maximum atomic E-state index is 9.09. The second-order valence-electron chi connectivity index (χ2n) is 3.17. The molecule has 0 saturated carbocycles. The fourth-order valence-electron chi connectivity index (χ4n) is 0.523. The number of rotatable bonds is 3. The molecule has 0 rings (SSSR count). The first-order valence-electron chi connectivity index (χ1n) is 3.48. The van der Waals surface area contributed by atoms with Crippen LogP contribution >= 0.6 is 0 Å². The molecule has 0 aliphatic rings. The van der Waals surface area contributed by atoms with E-state index in [1.165, 1.54) is 0 Å². The van der Waals surface area contributed by atoms with Gasteiger partial charge in [-0.25, -0.2) is 0 Å². The topological polar surface area (TPSA) is 41.5 Å². The first-order chi connectivity index (χ1) is 4.95. The zero-order valence-electron chi connectivity index (χ0n) is 7.22. The summed E-state index contributed by atoms with van der Waals surface area (Å²) < 4.78 is 5.09. The molecule has 0 bridgehead atoms. The first-order valence-corrected chi connectivity index (χ1v) is 3.48. The highest BCUT2D eigenvalue weighted by Crippen LogP contribution is 2.07. The Kier molecular flexibility index (Phi) is 4.12. The average Bonchev–Trinajstić information content (AvgIpc) is 1.79. The molecular formula is C8H15NO2. The summed E-state index contributed by atoms with van der Waals surface area (Å²) in [4.78, 5) is 0. The van der Waals surface area contributed by atoms with Gasteiger partial charge in [-0.05, 0) is 20.8 Å². The minimum atomic E-state index is -0.981. The number of terminal acetylenes is 1. The Balaban J connectivity index is 3.54. The second-order valence-corrected chi connectivity index (χ2v) is 3.17. The van der Waals surface area contributed by atoms with Gasteiger partial charge in [0.2, 0.25) is 6.41 Å². The Labute approximate surface area is 67.8 Å². The summed E-state index contributed by atoms with van der Waals surface area (Å²) in [6.07, 6.45) is 3.98. The summed E-state index contributed by atoms with van der Waals surface area (Å²) in [5.41, 5.74) is -0.360. The number of hydrogen-bond acceptors (Lipinski definition) is 3. The molecule has 64 valence electrons. The molecule has 0 aromatic heterocycles. The zero-order valence-corrected chi connectivity index (χ0v) is 7.22. The van der Waals surface area contributed by atoms with Gasteiger partial charge in [0.1, 0.15) is 0 Å². The lowest BCUT2D eigenvalue weighted by Crippen LogP contribution is -2.38. The van der Waals surface area contributed by atoms with Crippen LogP contribution in [-0.2, 0) is 4.74 Å². The molecule has 11 heavy (non-hydrogen) atoms. The number of aliphatic hydroxyl groups is 1. The lowest BCUT2D eigenvalue weighted by Gasteiger charge is -2.23. The van der Waals surface area contributed by atoms with Crippen LogP contribution in [0.3, 0.4) is 0 Å². The standard InChI is InChI=1S/C8H15NO2/c1-5-6-9-7(10)11-8(2,3)4/h1,7,9-10H,6H2,2-4H3. The molecule has 0 aromatic rings. The van der Waals surface area contributed by atoms with Gasteiger partial charge >= 0.3 is 0 Å². The van der Waals surface area contributed by atoms with E-state index in [9.17, 15) is 0 Å². The molecule has 0 heterocycles. The van der Waals surface area contributed by atoms with Crippen molar-refractivity contribution in [3.8, 4) is 12.3 Å². The molecule has 1 unspecified atom stereocenters. The van der Waals surface area contributed by atoms with Crippen LogP contribution in [-0.4, -0.2) is 23.7 Å². The summed E-state index contributed by atoms with van der Waals surface area (Å²) in [6, 6.07) is 0. The molecule has 0 aliphatic carbocycles. The number of ether oxygens (including phenoxy) is 1. The normalized spacial score (nSPS) is 14.1. The summed E-state index contributed by atoms with van der Waals surface area (Å²) in [5, 5.41) is 11.7. The lowest BCUT2D eigenvalue weighted by molar-refractivity contribution is -0.179. The maximum Gasteiger partial charge on any atom is 0.214 e. The van der Waals surface area contributed by atoms with E-state index < -0.39 is 6.41 Å². The van der Waals surface area contributed by atoms with Gasteiger partial charge in [0.05, 0.1) is 12.1 Å². The third-order valence-electron chi connectivity index (χ3n) is 0.844. The van der Waals surface area contributed by atoms with Gasteiger partial charge in [-0.15, -0.1) is 6.42 Å². The molecule has 0 spiro atoms. The van der Waals surface area contributed by atoms with Gasteiger partial charge in [0, 0.05) is 0 Å². The van der Waals surface area contributed by atoms with E-state index in [1.807, 2.05) is 20.8 Å². The Morgan fingerprint density at radius 1 is 1.64 bits per heavy atom. The molecule has 2 N–H and O–H groups in total. The van der Waals surface area contributed by atoms with E-state index in [1.54, 1.807) is 0 Å². The Bertz CT molecular complexity index is 143. The molecule has 3 heteroatoms. The van der Waals surface area contributed by atoms with Crippen LogP contribution in [0.25, 0.3) is 0 Å². The summed E-state index contributed by atoms with van der Waals surface area (Å²) >= 11 is 0. The van der Waals surface area contributed by atoms with Crippen molar-refractivity contribution in [3.05, 3.63) is 0 Å². The molecule has 0 aliphatic heterocycles. The van der Waals surface area contributed by atoms with E-state index in [2.05, 4.69) is 11.2 Å². The van der Waals surface area contributed by atoms with Gasteiger partial charge in [-0.3, -0.25) is 5.32 Å². The minimum Gasteiger partial charge on any atom is -0.356 e. The van der Waals surface area contributed by atoms with Crippen LogP contribution in [0.2, 0.25) is 0 Å². The van der Waals surface area contributed by atoms with Crippen LogP contribution in [0, 0.1) is 12.3 Å². The molecule has 0 saturated heterocycles. The molecule has 0 fully saturated rings. The fraction of sp³-hybridized carbons (Fsp3) is 0.750. The van der Waals surface area contributed by atoms with E-state index in [-0.39, 0.29) is 5.60 Å². The van der Waals surface area contributed by atoms with Gasteiger partial charge in [-0.2, -0.15) is 0 Å². The molecule has 0 radical (unpaired) electrons. The fourth-order valence-corrected chi connectivity index (χ4v) is 0.523. The van der Waals surface area contributed by atoms with Crippen molar-refractivity contribution >= 4 is 0 Å². The minimum absolute atomic E-state index is 0.303. The predicted octanol–water partition coefficient (Wildman–Crippen LogP) is 0.300. The summed E-state index contributed by atoms with van der Waals surface area (Å²) in [7, 11) is 0. The highest BCUT2D eigenvalue weighted by molar-refractivity contribution is 4.86. The van der Waals surface area contributed by atoms with E-state index >= 15 is 0 Å². The largest absolute Gasteiger partial charge is 0.356 e. The van der Waals surface area contributed by atoms with Gasteiger partial charge in [0.25, 0.3) is 0 Å². The quantitative estimate of drug-likeness (QED) is 0.457. The second kappa shape index (κ2) is 4.35. The average molecular weight is 157 g/mol. The predicted molar refractivity (Wildman–Crippen MR) is 43.7 cm³/mol.